The Kier molecular flexibility index (Phi) is 4.50. The second kappa shape index (κ2) is 7.39. The number of rotatable bonds is 4. The summed E-state index contributed by atoms with van der Waals surface area (Å²) in [7, 11) is 0. The van der Waals surface area contributed by atoms with Crippen molar-refractivity contribution in [1.29, 1.82) is 0 Å². The molecular formula is C23H18F3N7O2. The van der Waals surface area contributed by atoms with Crippen LogP contribution in [0, 0.1) is 6.92 Å². The van der Waals surface area contributed by atoms with E-state index < -0.39 is 24.0 Å². The van der Waals surface area contributed by atoms with E-state index in [9.17, 15) is 22.8 Å². The van der Waals surface area contributed by atoms with Crippen molar-refractivity contribution < 1.29 is 13.2 Å². The predicted octanol–water partition coefficient (Wildman–Crippen LogP) is 3.26. The summed E-state index contributed by atoms with van der Waals surface area (Å²) in [6.07, 6.45) is 2.47. The third-order valence-electron chi connectivity index (χ3n) is 6.42. The van der Waals surface area contributed by atoms with Crippen LogP contribution in [0.1, 0.15) is 34.9 Å². The van der Waals surface area contributed by atoms with E-state index in [1.54, 1.807) is 29.0 Å². The maximum Gasteiger partial charge on any atom is 0.408 e. The van der Waals surface area contributed by atoms with Crippen LogP contribution in [-0.4, -0.2) is 40.5 Å². The standard InChI is InChI=1S/C23H18F3N7O2/c1-11-4-12(5-19-16(11)9-29-33(19)10-23(24,25)26)13-6-14(13)15-7-18(31-32-3-2-27-20(15)32)17-8-28-22(35)30-21(17)34/h2-5,7-9,13-14H,6,10H2,1H3,(H2,28,30,34,35)/t13-,14+/m1/s1. The number of fused-ring (bicyclic) bond motifs is 2. The molecule has 6 rings (SSSR count). The highest BCUT2D eigenvalue weighted by atomic mass is 19.4. The number of imidazole rings is 1. The van der Waals surface area contributed by atoms with Gasteiger partial charge in [-0.3, -0.25) is 14.5 Å². The van der Waals surface area contributed by atoms with E-state index in [4.69, 9.17) is 0 Å². The summed E-state index contributed by atoms with van der Waals surface area (Å²) in [4.78, 5) is 32.8. The molecule has 0 aliphatic heterocycles. The fraction of sp³-hybridized carbons (Fsp3) is 0.261. The first-order chi connectivity index (χ1) is 16.7. The van der Waals surface area contributed by atoms with Crippen LogP contribution in [-0.2, 0) is 6.54 Å². The van der Waals surface area contributed by atoms with Gasteiger partial charge in [-0.1, -0.05) is 6.07 Å². The molecule has 178 valence electrons. The fourth-order valence-electron chi connectivity index (χ4n) is 4.74. The largest absolute Gasteiger partial charge is 0.408 e. The lowest BCUT2D eigenvalue weighted by molar-refractivity contribution is -0.141. The number of nitrogens with zero attached hydrogens (tertiary/aromatic N) is 5. The van der Waals surface area contributed by atoms with Crippen molar-refractivity contribution in [3.63, 3.8) is 0 Å². The molecule has 0 saturated heterocycles. The molecular weight excluding hydrogens is 463 g/mol. The monoisotopic (exact) mass is 481 g/mol. The molecule has 9 nitrogen and oxygen atoms in total. The van der Waals surface area contributed by atoms with Gasteiger partial charge in [-0.2, -0.15) is 23.4 Å². The van der Waals surface area contributed by atoms with Crippen molar-refractivity contribution in [3.05, 3.63) is 80.5 Å². The van der Waals surface area contributed by atoms with Gasteiger partial charge in [-0.25, -0.2) is 14.3 Å². The zero-order chi connectivity index (χ0) is 24.5. The molecule has 2 N–H and O–H groups in total. The van der Waals surface area contributed by atoms with Crippen molar-refractivity contribution in [2.75, 3.05) is 0 Å². The molecule has 1 fully saturated rings. The highest BCUT2D eigenvalue weighted by Gasteiger charge is 2.42. The minimum atomic E-state index is -4.37. The molecule has 0 unspecified atom stereocenters. The van der Waals surface area contributed by atoms with Crippen LogP contribution in [0.2, 0.25) is 0 Å². The molecule has 4 aromatic heterocycles. The summed E-state index contributed by atoms with van der Waals surface area (Å²) in [6.45, 7) is 0.715. The Labute approximate surface area is 194 Å². The van der Waals surface area contributed by atoms with Gasteiger partial charge in [0.2, 0.25) is 0 Å². The number of aromatic nitrogens is 7. The zero-order valence-corrected chi connectivity index (χ0v) is 18.3. The van der Waals surface area contributed by atoms with Gasteiger partial charge in [0.25, 0.3) is 5.56 Å². The number of benzene rings is 1. The molecule has 4 heterocycles. The number of hydrogen-bond acceptors (Lipinski definition) is 5. The van der Waals surface area contributed by atoms with Gasteiger partial charge in [-0.05, 0) is 48.4 Å². The maximum absolute atomic E-state index is 13.0. The highest BCUT2D eigenvalue weighted by molar-refractivity contribution is 5.83. The molecule has 1 aromatic carbocycles. The van der Waals surface area contributed by atoms with E-state index in [0.29, 0.717) is 22.2 Å². The number of aromatic amines is 2. The maximum atomic E-state index is 13.0. The van der Waals surface area contributed by atoms with E-state index in [1.807, 2.05) is 13.0 Å². The molecule has 2 atom stereocenters. The summed E-state index contributed by atoms with van der Waals surface area (Å²) in [5.41, 5.74) is 3.17. The first kappa shape index (κ1) is 21.3. The summed E-state index contributed by atoms with van der Waals surface area (Å²) in [6, 6.07) is 5.56. The van der Waals surface area contributed by atoms with E-state index in [1.165, 1.54) is 12.4 Å². The SMILES string of the molecule is Cc1cc([C@H]2C[C@@H]2c2cc(-c3c[nH]c(=O)[nH]c3=O)nn3ccnc23)cc2c1cnn2CC(F)(F)F. The molecule has 1 saturated carbocycles. The predicted molar refractivity (Wildman–Crippen MR) is 120 cm³/mol. The summed E-state index contributed by atoms with van der Waals surface area (Å²) >= 11 is 0. The number of hydrogen-bond donors (Lipinski definition) is 2. The number of H-pyrrole nitrogens is 2. The first-order valence-corrected chi connectivity index (χ1v) is 10.9. The second-order valence-corrected chi connectivity index (χ2v) is 8.80. The lowest BCUT2D eigenvalue weighted by atomic mass is 10.0. The van der Waals surface area contributed by atoms with Crippen LogP contribution in [0.5, 0.6) is 0 Å². The lowest BCUT2D eigenvalue weighted by Gasteiger charge is -2.10. The van der Waals surface area contributed by atoms with Crippen LogP contribution in [0.3, 0.4) is 0 Å². The topological polar surface area (TPSA) is 114 Å². The van der Waals surface area contributed by atoms with Crippen molar-refractivity contribution in [1.82, 2.24) is 34.3 Å². The average Bonchev–Trinajstić information content (AvgIpc) is 3.26. The van der Waals surface area contributed by atoms with Crippen LogP contribution >= 0.6 is 0 Å². The molecule has 5 aromatic rings. The molecule has 1 aliphatic carbocycles. The Morgan fingerprint density at radius 2 is 2.00 bits per heavy atom. The van der Waals surface area contributed by atoms with Crippen molar-refractivity contribution in [2.24, 2.45) is 0 Å². The Bertz CT molecular complexity index is 1730. The Hall–Kier alpha value is -4.22. The molecule has 0 radical (unpaired) electrons. The minimum Gasteiger partial charge on any atom is -0.313 e. The molecule has 0 spiro atoms. The van der Waals surface area contributed by atoms with E-state index >= 15 is 0 Å². The summed E-state index contributed by atoms with van der Waals surface area (Å²) in [5, 5.41) is 9.09. The molecule has 1 aliphatic rings. The van der Waals surface area contributed by atoms with Gasteiger partial charge in [0.05, 0.1) is 23.0 Å². The highest BCUT2D eigenvalue weighted by Crippen LogP contribution is 2.56. The van der Waals surface area contributed by atoms with Gasteiger partial charge in [0.15, 0.2) is 5.65 Å². The molecule has 0 bridgehead atoms. The minimum absolute atomic E-state index is 0.0410. The van der Waals surface area contributed by atoms with Gasteiger partial charge in [0.1, 0.15) is 6.54 Å². The average molecular weight is 481 g/mol. The Balaban J connectivity index is 1.41. The van der Waals surface area contributed by atoms with E-state index in [-0.39, 0.29) is 17.4 Å². The summed E-state index contributed by atoms with van der Waals surface area (Å²) in [5.74, 6) is 0.108. The zero-order valence-electron chi connectivity index (χ0n) is 18.3. The summed E-state index contributed by atoms with van der Waals surface area (Å²) < 4.78 is 41.7. The smallest absolute Gasteiger partial charge is 0.313 e. The third-order valence-corrected chi connectivity index (χ3v) is 6.42. The van der Waals surface area contributed by atoms with Crippen LogP contribution in [0.25, 0.3) is 27.8 Å². The quantitative estimate of drug-likeness (QED) is 0.409. The Morgan fingerprint density at radius 1 is 1.17 bits per heavy atom. The lowest BCUT2D eigenvalue weighted by Crippen LogP contribution is -2.23. The number of aryl methyl sites for hydroxylation is 1. The van der Waals surface area contributed by atoms with Gasteiger partial charge < -0.3 is 4.98 Å². The number of halogens is 3. The van der Waals surface area contributed by atoms with Gasteiger partial charge in [-0.15, -0.1) is 0 Å². The third kappa shape index (κ3) is 3.70. The normalized spacial score (nSPS) is 17.9. The van der Waals surface area contributed by atoms with Gasteiger partial charge in [0, 0.05) is 29.5 Å². The van der Waals surface area contributed by atoms with Crippen molar-refractivity contribution >= 4 is 16.6 Å². The first-order valence-electron chi connectivity index (χ1n) is 10.9. The van der Waals surface area contributed by atoms with Gasteiger partial charge >= 0.3 is 11.9 Å². The van der Waals surface area contributed by atoms with E-state index in [2.05, 4.69) is 25.1 Å². The van der Waals surface area contributed by atoms with E-state index in [0.717, 1.165) is 27.8 Å². The molecule has 12 heteroatoms. The van der Waals surface area contributed by atoms with Crippen LogP contribution in [0.15, 0.2) is 52.6 Å². The fourth-order valence-corrected chi connectivity index (χ4v) is 4.74. The Morgan fingerprint density at radius 3 is 2.77 bits per heavy atom. The second-order valence-electron chi connectivity index (χ2n) is 8.80. The number of alkyl halides is 3. The van der Waals surface area contributed by atoms with Crippen LogP contribution in [0.4, 0.5) is 13.2 Å². The molecule has 0 amide bonds. The number of nitrogens with one attached hydrogen (secondary N) is 2. The van der Waals surface area contributed by atoms with Crippen molar-refractivity contribution in [3.8, 4) is 11.3 Å². The van der Waals surface area contributed by atoms with Crippen LogP contribution < -0.4 is 11.2 Å². The molecule has 35 heavy (non-hydrogen) atoms. The van der Waals surface area contributed by atoms with Crippen molar-refractivity contribution in [2.45, 2.75) is 37.9 Å².